The second-order valence-electron chi connectivity index (χ2n) is 7.43. The number of hydrogen-bond acceptors (Lipinski definition) is 8. The van der Waals surface area contributed by atoms with Crippen LogP contribution in [-0.4, -0.2) is 36.5 Å². The highest BCUT2D eigenvalue weighted by atomic mass is 32.1. The first kappa shape index (κ1) is 22.4. The molecule has 164 valence electrons. The third kappa shape index (κ3) is 4.91. The highest BCUT2D eigenvalue weighted by Gasteiger charge is 2.29. The number of ether oxygens (including phenoxy) is 2. The number of fused-ring (bicyclic) bond motifs is 1. The fourth-order valence-corrected chi connectivity index (χ4v) is 4.94. The van der Waals surface area contributed by atoms with Gasteiger partial charge in [-0.15, -0.1) is 11.3 Å². The monoisotopic (exact) mass is 446 g/mol. The van der Waals surface area contributed by atoms with Gasteiger partial charge in [0, 0.05) is 16.5 Å². The number of benzene rings is 1. The Morgan fingerprint density at radius 2 is 2.03 bits per heavy atom. The molecule has 1 aromatic carbocycles. The summed E-state index contributed by atoms with van der Waals surface area (Å²) in [6.07, 6.45) is 2.52. The van der Waals surface area contributed by atoms with Crippen LogP contribution in [0.4, 0.5) is 10.7 Å². The first-order chi connectivity index (χ1) is 14.7. The molecule has 3 rings (SSSR count). The third-order valence-electron chi connectivity index (χ3n) is 5.12. The largest absolute Gasteiger partial charge is 0.465 e. The van der Waals surface area contributed by atoms with Crippen LogP contribution in [0.1, 0.15) is 50.1 Å². The molecule has 0 radical (unpaired) electrons. The second kappa shape index (κ2) is 9.25. The van der Waals surface area contributed by atoms with E-state index in [1.54, 1.807) is 0 Å². The van der Waals surface area contributed by atoms with Crippen LogP contribution in [0.5, 0.6) is 0 Å². The molecule has 0 aliphatic heterocycles. The molecule has 1 unspecified atom stereocenters. The first-order valence-electron chi connectivity index (χ1n) is 9.66. The number of thiophene rings is 1. The van der Waals surface area contributed by atoms with Crippen molar-refractivity contribution in [3.05, 3.63) is 55.4 Å². The van der Waals surface area contributed by atoms with Gasteiger partial charge in [-0.05, 0) is 49.8 Å². The van der Waals surface area contributed by atoms with E-state index in [4.69, 9.17) is 9.47 Å². The van der Waals surface area contributed by atoms with Gasteiger partial charge in [0.15, 0.2) is 6.61 Å². The van der Waals surface area contributed by atoms with Crippen molar-refractivity contribution in [1.29, 1.82) is 0 Å². The summed E-state index contributed by atoms with van der Waals surface area (Å²) in [6.45, 7) is 3.09. The van der Waals surface area contributed by atoms with Crippen LogP contribution in [0.25, 0.3) is 0 Å². The molecule has 0 bridgehead atoms. The van der Waals surface area contributed by atoms with E-state index in [1.807, 2.05) is 0 Å². The number of anilines is 1. The van der Waals surface area contributed by atoms with Gasteiger partial charge >= 0.3 is 11.9 Å². The first-order valence-corrected chi connectivity index (χ1v) is 10.5. The Morgan fingerprint density at radius 1 is 1.29 bits per heavy atom. The summed E-state index contributed by atoms with van der Waals surface area (Å²) >= 11 is 1.34. The van der Waals surface area contributed by atoms with Gasteiger partial charge in [-0.3, -0.25) is 14.9 Å². The fourth-order valence-electron chi connectivity index (χ4n) is 3.52. The van der Waals surface area contributed by atoms with Gasteiger partial charge < -0.3 is 14.8 Å². The predicted molar refractivity (Wildman–Crippen MR) is 114 cm³/mol. The average Bonchev–Trinajstić information content (AvgIpc) is 3.07. The summed E-state index contributed by atoms with van der Waals surface area (Å²) in [5.41, 5.74) is 1.57. The molecule has 0 fully saturated rings. The van der Waals surface area contributed by atoms with E-state index in [0.29, 0.717) is 22.0 Å². The van der Waals surface area contributed by atoms with E-state index in [9.17, 15) is 24.5 Å². The molecule has 1 amide bonds. The van der Waals surface area contributed by atoms with Crippen LogP contribution >= 0.6 is 11.3 Å². The van der Waals surface area contributed by atoms with Crippen LogP contribution in [0.2, 0.25) is 0 Å². The SMILES string of the molecule is COC(=O)c1c(NC(=O)COC(=O)c2ccc([N+](=O)[O-])c(C)c2)sc2c1CCC(C)C2. The zero-order valence-corrected chi connectivity index (χ0v) is 18.2. The third-order valence-corrected chi connectivity index (χ3v) is 6.29. The smallest absolute Gasteiger partial charge is 0.341 e. The fraction of sp³-hybridized carbons (Fsp3) is 0.381. The zero-order chi connectivity index (χ0) is 22.7. The van der Waals surface area contributed by atoms with Gasteiger partial charge in [-0.1, -0.05) is 6.92 Å². The molecule has 1 atom stereocenters. The number of amides is 1. The summed E-state index contributed by atoms with van der Waals surface area (Å²) in [5, 5.41) is 13.9. The Hall–Kier alpha value is -3.27. The van der Waals surface area contributed by atoms with Crippen molar-refractivity contribution < 1.29 is 28.8 Å². The summed E-state index contributed by atoms with van der Waals surface area (Å²) in [4.78, 5) is 48.3. The molecule has 0 saturated carbocycles. The van der Waals surface area contributed by atoms with E-state index < -0.39 is 29.4 Å². The number of nitrogens with one attached hydrogen (secondary N) is 1. The number of nitro groups is 1. The maximum Gasteiger partial charge on any atom is 0.341 e. The Bertz CT molecular complexity index is 1060. The van der Waals surface area contributed by atoms with Crippen molar-refractivity contribution in [2.24, 2.45) is 5.92 Å². The van der Waals surface area contributed by atoms with Crippen LogP contribution in [-0.2, 0) is 27.1 Å². The maximum atomic E-state index is 12.4. The Labute approximate surface area is 182 Å². The Kier molecular flexibility index (Phi) is 6.69. The van der Waals surface area contributed by atoms with Gasteiger partial charge in [0.25, 0.3) is 11.6 Å². The van der Waals surface area contributed by atoms with Gasteiger partial charge in [-0.2, -0.15) is 0 Å². The number of hydrogen-bond donors (Lipinski definition) is 1. The molecular weight excluding hydrogens is 424 g/mol. The van der Waals surface area contributed by atoms with E-state index in [2.05, 4.69) is 12.2 Å². The van der Waals surface area contributed by atoms with Crippen molar-refractivity contribution in [3.63, 3.8) is 0 Å². The minimum absolute atomic E-state index is 0.103. The van der Waals surface area contributed by atoms with Crippen molar-refractivity contribution >= 4 is 39.9 Å². The van der Waals surface area contributed by atoms with Crippen molar-refractivity contribution in [2.45, 2.75) is 33.1 Å². The molecule has 1 N–H and O–H groups in total. The number of methoxy groups -OCH3 is 1. The number of nitrogens with zero attached hydrogens (tertiary/aromatic N) is 1. The minimum atomic E-state index is -0.777. The van der Waals surface area contributed by atoms with Gasteiger partial charge in [0.05, 0.1) is 23.2 Å². The van der Waals surface area contributed by atoms with Gasteiger partial charge in [0.2, 0.25) is 0 Å². The van der Waals surface area contributed by atoms with E-state index in [-0.39, 0.29) is 11.3 Å². The van der Waals surface area contributed by atoms with Crippen LogP contribution in [0.3, 0.4) is 0 Å². The van der Waals surface area contributed by atoms with E-state index in [1.165, 1.54) is 43.6 Å². The number of nitro benzene ring substituents is 1. The van der Waals surface area contributed by atoms with Crippen molar-refractivity contribution in [3.8, 4) is 0 Å². The van der Waals surface area contributed by atoms with Crippen LogP contribution in [0, 0.1) is 23.0 Å². The van der Waals surface area contributed by atoms with Crippen molar-refractivity contribution in [2.75, 3.05) is 19.0 Å². The molecule has 2 aromatic rings. The number of carbonyl (C=O) groups is 3. The lowest BCUT2D eigenvalue weighted by Crippen LogP contribution is -2.22. The highest BCUT2D eigenvalue weighted by molar-refractivity contribution is 7.17. The lowest BCUT2D eigenvalue weighted by molar-refractivity contribution is -0.385. The quantitative estimate of drug-likeness (QED) is 0.408. The lowest BCUT2D eigenvalue weighted by Gasteiger charge is -2.18. The standard InChI is InChI=1S/C21H22N2O7S/c1-11-4-6-14-16(8-11)31-19(18(14)21(26)29-3)22-17(24)10-30-20(25)13-5-7-15(23(27)28)12(2)9-13/h5,7,9,11H,4,6,8,10H2,1-3H3,(H,22,24). The van der Waals surface area contributed by atoms with E-state index >= 15 is 0 Å². The van der Waals surface area contributed by atoms with Crippen LogP contribution < -0.4 is 5.32 Å². The number of aryl methyl sites for hydroxylation is 1. The van der Waals surface area contributed by atoms with Crippen LogP contribution in [0.15, 0.2) is 18.2 Å². The molecule has 1 heterocycles. The number of rotatable bonds is 6. The molecule has 1 aliphatic carbocycles. The second-order valence-corrected chi connectivity index (χ2v) is 8.54. The van der Waals surface area contributed by atoms with Crippen molar-refractivity contribution in [1.82, 2.24) is 0 Å². The topological polar surface area (TPSA) is 125 Å². The van der Waals surface area contributed by atoms with E-state index in [0.717, 1.165) is 29.7 Å². The summed E-state index contributed by atoms with van der Waals surface area (Å²) < 4.78 is 9.92. The molecule has 1 aliphatic rings. The molecule has 0 saturated heterocycles. The minimum Gasteiger partial charge on any atom is -0.465 e. The molecule has 10 heteroatoms. The Morgan fingerprint density at radius 3 is 2.68 bits per heavy atom. The normalized spacial score (nSPS) is 15.0. The average molecular weight is 446 g/mol. The number of carbonyl (C=O) groups excluding carboxylic acids is 3. The Balaban J connectivity index is 1.68. The predicted octanol–water partition coefficient (Wildman–Crippen LogP) is 3.67. The summed E-state index contributed by atoms with van der Waals surface area (Å²) in [5.74, 6) is -1.39. The summed E-state index contributed by atoms with van der Waals surface area (Å²) in [6, 6.07) is 3.82. The highest BCUT2D eigenvalue weighted by Crippen LogP contribution is 2.40. The molecule has 0 spiro atoms. The lowest BCUT2D eigenvalue weighted by atomic mass is 9.88. The number of esters is 2. The molecular formula is C21H22N2O7S. The zero-order valence-electron chi connectivity index (χ0n) is 17.4. The van der Waals surface area contributed by atoms with Gasteiger partial charge in [-0.25, -0.2) is 9.59 Å². The molecule has 31 heavy (non-hydrogen) atoms. The maximum absolute atomic E-state index is 12.4. The summed E-state index contributed by atoms with van der Waals surface area (Å²) in [7, 11) is 1.29. The van der Waals surface area contributed by atoms with Gasteiger partial charge in [0.1, 0.15) is 5.00 Å². The molecule has 1 aromatic heterocycles. The molecule has 9 nitrogen and oxygen atoms in total.